The maximum absolute atomic E-state index is 13.9. The number of hydrogen-bond donors (Lipinski definition) is 2. The highest BCUT2D eigenvalue weighted by Crippen LogP contribution is 2.41. The maximum atomic E-state index is 13.9. The number of nitrogens with zero attached hydrogens (tertiary/aromatic N) is 1. The molecule has 31 heavy (non-hydrogen) atoms. The van der Waals surface area contributed by atoms with Gasteiger partial charge in [-0.2, -0.15) is 11.8 Å². The minimum atomic E-state index is -3.85. The third-order valence-corrected chi connectivity index (χ3v) is 9.37. The Bertz CT molecular complexity index is 1080. The Hall–Kier alpha value is -1.68. The van der Waals surface area contributed by atoms with Gasteiger partial charge in [0.1, 0.15) is 10.7 Å². The van der Waals surface area contributed by atoms with E-state index in [1.54, 1.807) is 24.3 Å². The summed E-state index contributed by atoms with van der Waals surface area (Å²) in [6.45, 7) is 2.58. The number of allylic oxidation sites excluding steroid dienone is 3. The molecule has 0 fully saturated rings. The number of anilines is 1. The molecular weight excluding hydrogens is 453 g/mol. The molecule has 5 nitrogen and oxygen atoms in total. The van der Waals surface area contributed by atoms with Crippen molar-refractivity contribution in [2.75, 3.05) is 24.2 Å². The number of thioether (sulfide) groups is 1. The molecule has 0 bridgehead atoms. The third kappa shape index (κ3) is 5.22. The highest BCUT2D eigenvalue weighted by molar-refractivity contribution is 8.00. The predicted molar refractivity (Wildman–Crippen MR) is 127 cm³/mol. The van der Waals surface area contributed by atoms with E-state index in [-0.39, 0.29) is 11.4 Å². The first-order valence-electron chi connectivity index (χ1n) is 10.4. The zero-order valence-corrected chi connectivity index (χ0v) is 19.8. The van der Waals surface area contributed by atoms with Crippen molar-refractivity contribution in [2.45, 2.75) is 42.2 Å². The summed E-state index contributed by atoms with van der Waals surface area (Å²) in [5.74, 6) is 0.729. The summed E-state index contributed by atoms with van der Waals surface area (Å²) in [7, 11) is -3.85. The van der Waals surface area contributed by atoms with Gasteiger partial charge >= 0.3 is 0 Å². The monoisotopic (exact) mass is 479 g/mol. The first kappa shape index (κ1) is 22.5. The molecule has 0 radical (unpaired) electrons. The van der Waals surface area contributed by atoms with Crippen LogP contribution in [0.1, 0.15) is 34.9 Å². The van der Waals surface area contributed by atoms with Crippen molar-refractivity contribution in [3.05, 3.63) is 64.5 Å². The third-order valence-electron chi connectivity index (χ3n) is 5.37. The minimum absolute atomic E-state index is 0.263. The van der Waals surface area contributed by atoms with Gasteiger partial charge in [-0.1, -0.05) is 36.4 Å². The van der Waals surface area contributed by atoms with Crippen LogP contribution < -0.4 is 10.0 Å². The number of nitrogens with one attached hydrogen (secondary N) is 2. The molecular formula is C22H26FN3O2S3. The molecule has 1 aliphatic heterocycles. The van der Waals surface area contributed by atoms with Crippen LogP contribution in [0.5, 0.6) is 0 Å². The quantitative estimate of drug-likeness (QED) is 0.540. The van der Waals surface area contributed by atoms with Crippen molar-refractivity contribution < 1.29 is 12.8 Å². The average Bonchev–Trinajstić information content (AvgIpc) is 3.05. The number of thiazole rings is 1. The minimum Gasteiger partial charge on any atom is -0.362 e. The number of rotatable bonds is 8. The Balaban J connectivity index is 1.26. The van der Waals surface area contributed by atoms with E-state index in [2.05, 4.69) is 34.3 Å². The first-order valence-corrected chi connectivity index (χ1v) is 13.8. The molecule has 2 heterocycles. The van der Waals surface area contributed by atoms with Crippen molar-refractivity contribution >= 4 is 38.3 Å². The van der Waals surface area contributed by atoms with Crippen LogP contribution in [0.15, 0.2) is 47.4 Å². The number of unbranched alkanes of at least 4 members (excludes halogenated alkanes) is 1. The van der Waals surface area contributed by atoms with E-state index >= 15 is 0 Å². The van der Waals surface area contributed by atoms with E-state index in [0.29, 0.717) is 29.7 Å². The summed E-state index contributed by atoms with van der Waals surface area (Å²) in [5, 5.41) is 4.78. The van der Waals surface area contributed by atoms with Crippen molar-refractivity contribution in [1.29, 1.82) is 0 Å². The normalized spacial score (nSPS) is 20.2. The highest BCUT2D eigenvalue weighted by atomic mass is 32.2. The Morgan fingerprint density at radius 1 is 1.19 bits per heavy atom. The fraction of sp³-hybridized carbons (Fsp3) is 0.409. The SMILES string of the molecule is Cc1cccc(F)c1S(=O)(=O)NCCCCNc1nc2c(s1)CCSC1C=CC=CC21. The molecule has 2 N–H and O–H groups in total. The Kier molecular flexibility index (Phi) is 7.15. The van der Waals surface area contributed by atoms with Gasteiger partial charge in [-0.15, -0.1) is 11.3 Å². The molecule has 2 aliphatic rings. The smallest absolute Gasteiger partial charge is 0.243 e. The molecule has 1 aliphatic carbocycles. The van der Waals surface area contributed by atoms with Crippen molar-refractivity contribution in [1.82, 2.24) is 9.71 Å². The van der Waals surface area contributed by atoms with Gasteiger partial charge in [0, 0.05) is 29.1 Å². The van der Waals surface area contributed by atoms with E-state index in [4.69, 9.17) is 4.98 Å². The fourth-order valence-corrected chi connectivity index (χ4v) is 7.61. The Morgan fingerprint density at radius 3 is 2.84 bits per heavy atom. The molecule has 2 unspecified atom stereocenters. The van der Waals surface area contributed by atoms with Gasteiger partial charge in [0.25, 0.3) is 0 Å². The standard InChI is InChI=1S/C22H26FN3O2S3/c1-15-7-6-9-17(23)21(15)31(27,28)25-13-5-4-12-24-22-26-20-16-8-2-3-10-18(16)29-14-11-19(20)30-22/h2-3,6-10,16,18,25H,4-5,11-14H2,1H3,(H,24,26). The molecule has 9 heteroatoms. The number of aromatic nitrogens is 1. The second kappa shape index (κ2) is 9.85. The average molecular weight is 480 g/mol. The lowest BCUT2D eigenvalue weighted by Crippen LogP contribution is -2.26. The Morgan fingerprint density at radius 2 is 2.00 bits per heavy atom. The lowest BCUT2D eigenvalue weighted by atomic mass is 9.95. The molecule has 1 aromatic carbocycles. The number of sulfonamides is 1. The van der Waals surface area contributed by atoms with Crippen LogP contribution in [-0.2, 0) is 16.4 Å². The van der Waals surface area contributed by atoms with Crippen molar-refractivity contribution in [2.24, 2.45) is 0 Å². The van der Waals surface area contributed by atoms with E-state index in [1.807, 2.05) is 11.8 Å². The molecule has 2 aromatic rings. The number of hydrogen-bond acceptors (Lipinski definition) is 6. The van der Waals surface area contributed by atoms with Gasteiger partial charge < -0.3 is 5.32 Å². The van der Waals surface area contributed by atoms with Gasteiger partial charge in [0.05, 0.1) is 5.69 Å². The van der Waals surface area contributed by atoms with Crippen LogP contribution in [0.4, 0.5) is 9.52 Å². The molecule has 4 rings (SSSR count). The fourth-order valence-electron chi connectivity index (χ4n) is 3.84. The van der Waals surface area contributed by atoms with Crippen molar-refractivity contribution in [3.63, 3.8) is 0 Å². The molecule has 0 saturated carbocycles. The highest BCUT2D eigenvalue weighted by Gasteiger charge is 2.29. The Labute approximate surface area is 191 Å². The van der Waals surface area contributed by atoms with E-state index < -0.39 is 15.8 Å². The lowest BCUT2D eigenvalue weighted by molar-refractivity contribution is 0.552. The molecule has 2 atom stereocenters. The van der Waals surface area contributed by atoms with E-state index in [9.17, 15) is 12.8 Å². The topological polar surface area (TPSA) is 71.1 Å². The summed E-state index contributed by atoms with van der Waals surface area (Å²) in [6, 6.07) is 4.27. The predicted octanol–water partition coefficient (Wildman–Crippen LogP) is 4.63. The number of benzene rings is 1. The summed E-state index contributed by atoms with van der Waals surface area (Å²) in [4.78, 5) is 5.96. The van der Waals surface area contributed by atoms with Crippen molar-refractivity contribution in [3.8, 4) is 0 Å². The van der Waals surface area contributed by atoms with Crippen LogP contribution in [0.2, 0.25) is 0 Å². The molecule has 166 valence electrons. The molecule has 1 aromatic heterocycles. The van der Waals surface area contributed by atoms with Crippen LogP contribution in [0, 0.1) is 12.7 Å². The summed E-state index contributed by atoms with van der Waals surface area (Å²) in [6.07, 6.45) is 11.2. The molecule has 0 amide bonds. The van der Waals surface area contributed by atoms with Gasteiger partial charge in [0.15, 0.2) is 5.13 Å². The van der Waals surface area contributed by atoms with E-state index in [1.165, 1.54) is 22.7 Å². The van der Waals surface area contributed by atoms with E-state index in [0.717, 1.165) is 23.7 Å². The number of fused-ring (bicyclic) bond motifs is 3. The lowest BCUT2D eigenvalue weighted by Gasteiger charge is -2.20. The second-order valence-corrected chi connectivity index (χ2v) is 11.7. The van der Waals surface area contributed by atoms with Gasteiger partial charge in [-0.05, 0) is 43.6 Å². The van der Waals surface area contributed by atoms with Crippen LogP contribution in [0.25, 0.3) is 0 Å². The number of aryl methyl sites for hydroxylation is 2. The zero-order valence-electron chi connectivity index (χ0n) is 17.3. The first-order chi connectivity index (χ1) is 15.0. The molecule has 0 spiro atoms. The number of halogens is 1. The van der Waals surface area contributed by atoms with Gasteiger partial charge in [-0.3, -0.25) is 0 Å². The van der Waals surface area contributed by atoms with Gasteiger partial charge in [0.2, 0.25) is 10.0 Å². The summed E-state index contributed by atoms with van der Waals surface area (Å²) >= 11 is 3.72. The zero-order chi connectivity index (χ0) is 21.8. The second-order valence-electron chi connectivity index (χ2n) is 7.63. The van der Waals surface area contributed by atoms with Crippen LogP contribution in [-0.4, -0.2) is 37.5 Å². The molecule has 0 saturated heterocycles. The maximum Gasteiger partial charge on any atom is 0.243 e. The largest absolute Gasteiger partial charge is 0.362 e. The van der Waals surface area contributed by atoms with Gasteiger partial charge in [-0.25, -0.2) is 22.5 Å². The van der Waals surface area contributed by atoms with Crippen LogP contribution in [0.3, 0.4) is 0 Å². The van der Waals surface area contributed by atoms with Crippen LogP contribution >= 0.6 is 23.1 Å². The summed E-state index contributed by atoms with van der Waals surface area (Å²) in [5.41, 5.74) is 1.60. The summed E-state index contributed by atoms with van der Waals surface area (Å²) < 4.78 is 41.2.